The van der Waals surface area contributed by atoms with Gasteiger partial charge in [0.25, 0.3) is 11.5 Å². The molecule has 0 unspecified atom stereocenters. The molecule has 6 heteroatoms. The number of nitrogens with zero attached hydrogens (tertiary/aromatic N) is 2. The summed E-state index contributed by atoms with van der Waals surface area (Å²) >= 11 is 0. The minimum absolute atomic E-state index is 0.123. The van der Waals surface area contributed by atoms with Gasteiger partial charge in [-0.05, 0) is 30.3 Å². The summed E-state index contributed by atoms with van der Waals surface area (Å²) in [6, 6.07) is 11.5. The number of carbonyl (C=O) groups excluding carboxylic acids is 1. The molecule has 0 saturated carbocycles. The van der Waals surface area contributed by atoms with Crippen molar-refractivity contribution in [2.24, 2.45) is 0 Å². The lowest BCUT2D eigenvalue weighted by molar-refractivity contribution is 0.0994. The van der Waals surface area contributed by atoms with Crippen LogP contribution in [0.1, 0.15) is 16.3 Å². The van der Waals surface area contributed by atoms with E-state index in [1.807, 2.05) is 0 Å². The molecule has 0 aliphatic heterocycles. The maximum Gasteiger partial charge on any atom is 0.291 e. The average molecular weight is 295 g/mol. The van der Waals surface area contributed by atoms with Crippen molar-refractivity contribution in [3.63, 3.8) is 0 Å². The van der Waals surface area contributed by atoms with Crippen LogP contribution in [0.3, 0.4) is 0 Å². The number of hydrogen-bond donors (Lipinski definition) is 1. The molecule has 0 bridgehead atoms. The first kappa shape index (κ1) is 13.8. The van der Waals surface area contributed by atoms with Gasteiger partial charge in [0.1, 0.15) is 5.76 Å². The Morgan fingerprint density at radius 2 is 1.95 bits per heavy atom. The maximum atomic E-state index is 12.1. The fourth-order valence-electron chi connectivity index (χ4n) is 1.97. The third kappa shape index (κ3) is 3.12. The zero-order valence-corrected chi connectivity index (χ0v) is 11.6. The van der Waals surface area contributed by atoms with E-state index in [0.29, 0.717) is 11.4 Å². The number of carbonyl (C=O) groups is 1. The largest absolute Gasteiger partial charge is 0.454 e. The number of amides is 1. The number of pyridine rings is 2. The highest BCUT2D eigenvalue weighted by molar-refractivity contribution is 6.02. The molecule has 0 atom stereocenters. The molecule has 0 aromatic carbocycles. The Bertz CT molecular complexity index is 837. The van der Waals surface area contributed by atoms with Gasteiger partial charge in [-0.1, -0.05) is 6.07 Å². The number of rotatable bonds is 4. The molecule has 110 valence electrons. The summed E-state index contributed by atoms with van der Waals surface area (Å²) in [4.78, 5) is 27.6. The van der Waals surface area contributed by atoms with Gasteiger partial charge < -0.3 is 14.3 Å². The van der Waals surface area contributed by atoms with Crippen LogP contribution in [0.15, 0.2) is 70.3 Å². The molecule has 3 aromatic heterocycles. The number of anilines is 1. The van der Waals surface area contributed by atoms with Crippen LogP contribution >= 0.6 is 0 Å². The molecule has 22 heavy (non-hydrogen) atoms. The molecule has 0 saturated heterocycles. The van der Waals surface area contributed by atoms with E-state index in [0.717, 1.165) is 0 Å². The molecular formula is C16H13N3O3. The molecule has 6 nitrogen and oxygen atoms in total. The third-order valence-corrected chi connectivity index (χ3v) is 3.05. The summed E-state index contributed by atoms with van der Waals surface area (Å²) in [7, 11) is 0. The predicted octanol–water partition coefficient (Wildman–Crippen LogP) is 2.14. The first-order chi connectivity index (χ1) is 10.7. The van der Waals surface area contributed by atoms with Crippen molar-refractivity contribution < 1.29 is 9.21 Å². The molecule has 1 N–H and O–H groups in total. The molecule has 0 aliphatic carbocycles. The van der Waals surface area contributed by atoms with Gasteiger partial charge in [-0.25, -0.2) is 0 Å². The summed E-state index contributed by atoms with van der Waals surface area (Å²) in [5.41, 5.74) is 0.513. The normalized spacial score (nSPS) is 10.4. The molecule has 3 aromatic rings. The van der Waals surface area contributed by atoms with Crippen molar-refractivity contribution in [3.8, 4) is 0 Å². The lowest BCUT2D eigenvalue weighted by Gasteiger charge is -2.03. The van der Waals surface area contributed by atoms with Crippen molar-refractivity contribution in [1.29, 1.82) is 0 Å². The minimum Gasteiger partial charge on any atom is -0.454 e. The lowest BCUT2D eigenvalue weighted by Crippen LogP contribution is -2.18. The number of nitrogens with one attached hydrogen (secondary N) is 1. The van der Waals surface area contributed by atoms with Gasteiger partial charge in [-0.3, -0.25) is 14.6 Å². The van der Waals surface area contributed by atoms with Gasteiger partial charge in [0.05, 0.1) is 6.54 Å². The van der Waals surface area contributed by atoms with Gasteiger partial charge in [0.15, 0.2) is 5.76 Å². The molecule has 0 spiro atoms. The quantitative estimate of drug-likeness (QED) is 0.800. The summed E-state index contributed by atoms with van der Waals surface area (Å²) in [5.74, 6) is 0.377. The van der Waals surface area contributed by atoms with Crippen LogP contribution in [0.2, 0.25) is 0 Å². The van der Waals surface area contributed by atoms with Crippen molar-refractivity contribution in [3.05, 3.63) is 82.9 Å². The van der Waals surface area contributed by atoms with Gasteiger partial charge in [0, 0.05) is 30.3 Å². The third-order valence-electron chi connectivity index (χ3n) is 3.05. The summed E-state index contributed by atoms with van der Waals surface area (Å²) in [6.45, 7) is 0.280. The standard InChI is InChI=1S/C16H13N3O3/c20-15-3-1-2-10-19(15)11-13-4-5-14(22-13)16(21)18-12-6-8-17-9-7-12/h1-10H,11H2,(H,17,18,21). The molecular weight excluding hydrogens is 282 g/mol. The highest BCUT2D eigenvalue weighted by atomic mass is 16.4. The first-order valence-corrected chi connectivity index (χ1v) is 6.68. The Balaban J connectivity index is 1.72. The zero-order valence-electron chi connectivity index (χ0n) is 11.6. The molecule has 3 rings (SSSR count). The molecule has 0 aliphatic rings. The van der Waals surface area contributed by atoms with Gasteiger partial charge in [0.2, 0.25) is 0 Å². The van der Waals surface area contributed by atoms with Crippen molar-refractivity contribution in [2.75, 3.05) is 5.32 Å². The van der Waals surface area contributed by atoms with Crippen LogP contribution < -0.4 is 10.9 Å². The zero-order chi connectivity index (χ0) is 15.4. The Labute approximate surface area is 126 Å². The second-order valence-electron chi connectivity index (χ2n) is 4.62. The lowest BCUT2D eigenvalue weighted by atomic mass is 10.3. The smallest absolute Gasteiger partial charge is 0.291 e. The van der Waals surface area contributed by atoms with Crippen LogP contribution in [-0.4, -0.2) is 15.5 Å². The van der Waals surface area contributed by atoms with E-state index in [9.17, 15) is 9.59 Å². The van der Waals surface area contributed by atoms with Gasteiger partial charge >= 0.3 is 0 Å². The van der Waals surface area contributed by atoms with E-state index in [1.54, 1.807) is 55.0 Å². The summed E-state index contributed by atoms with van der Waals surface area (Å²) < 4.78 is 6.99. The Morgan fingerprint density at radius 1 is 1.14 bits per heavy atom. The Kier molecular flexibility index (Phi) is 3.82. The van der Waals surface area contributed by atoms with Crippen molar-refractivity contribution in [1.82, 2.24) is 9.55 Å². The first-order valence-electron chi connectivity index (χ1n) is 6.68. The monoisotopic (exact) mass is 295 g/mol. The predicted molar refractivity (Wildman–Crippen MR) is 80.7 cm³/mol. The number of hydrogen-bond acceptors (Lipinski definition) is 4. The maximum absolute atomic E-state index is 12.1. The average Bonchev–Trinajstić information content (AvgIpc) is 2.99. The van der Waals surface area contributed by atoms with Crippen LogP contribution in [-0.2, 0) is 6.54 Å². The highest BCUT2D eigenvalue weighted by Gasteiger charge is 2.11. The van der Waals surface area contributed by atoms with Gasteiger partial charge in [-0.2, -0.15) is 0 Å². The van der Waals surface area contributed by atoms with Crippen LogP contribution in [0, 0.1) is 0 Å². The van der Waals surface area contributed by atoms with E-state index in [1.165, 1.54) is 10.6 Å². The summed E-state index contributed by atoms with van der Waals surface area (Å²) in [6.07, 6.45) is 4.84. The van der Waals surface area contributed by atoms with Crippen LogP contribution in [0.25, 0.3) is 0 Å². The van der Waals surface area contributed by atoms with Crippen molar-refractivity contribution in [2.45, 2.75) is 6.54 Å². The highest BCUT2D eigenvalue weighted by Crippen LogP contribution is 2.12. The summed E-state index contributed by atoms with van der Waals surface area (Å²) in [5, 5.41) is 2.71. The van der Waals surface area contributed by atoms with E-state index in [4.69, 9.17) is 4.42 Å². The molecule has 0 radical (unpaired) electrons. The molecule has 1 amide bonds. The second-order valence-corrected chi connectivity index (χ2v) is 4.62. The van der Waals surface area contributed by atoms with Crippen LogP contribution in [0.4, 0.5) is 5.69 Å². The fraction of sp³-hybridized carbons (Fsp3) is 0.0625. The SMILES string of the molecule is O=C(Nc1ccncc1)c1ccc(Cn2ccccc2=O)o1. The Hall–Kier alpha value is -3.15. The fourth-order valence-corrected chi connectivity index (χ4v) is 1.97. The second kappa shape index (κ2) is 6.09. The molecule has 0 fully saturated rings. The van der Waals surface area contributed by atoms with E-state index >= 15 is 0 Å². The van der Waals surface area contributed by atoms with Gasteiger partial charge in [-0.15, -0.1) is 0 Å². The minimum atomic E-state index is -0.349. The van der Waals surface area contributed by atoms with E-state index < -0.39 is 0 Å². The van der Waals surface area contributed by atoms with Crippen molar-refractivity contribution >= 4 is 11.6 Å². The number of furan rings is 1. The van der Waals surface area contributed by atoms with E-state index in [2.05, 4.69) is 10.3 Å². The topological polar surface area (TPSA) is 77.1 Å². The van der Waals surface area contributed by atoms with Crippen LogP contribution in [0.5, 0.6) is 0 Å². The Morgan fingerprint density at radius 3 is 2.73 bits per heavy atom. The van der Waals surface area contributed by atoms with E-state index in [-0.39, 0.29) is 23.8 Å². The molecule has 3 heterocycles. The number of aromatic nitrogens is 2.